The van der Waals surface area contributed by atoms with Crippen LogP contribution in [-0.2, 0) is 9.59 Å². The van der Waals surface area contributed by atoms with Crippen LogP contribution in [0, 0.1) is 5.82 Å². The van der Waals surface area contributed by atoms with Gasteiger partial charge in [-0.05, 0) is 26.0 Å². The van der Waals surface area contributed by atoms with Crippen LogP contribution in [0.4, 0.5) is 4.39 Å². The predicted molar refractivity (Wildman–Crippen MR) is 73.2 cm³/mol. The van der Waals surface area contributed by atoms with Gasteiger partial charge in [0.2, 0.25) is 5.91 Å². The van der Waals surface area contributed by atoms with Gasteiger partial charge in [0.05, 0.1) is 11.6 Å². The first-order valence-electron chi connectivity index (χ1n) is 6.02. The van der Waals surface area contributed by atoms with E-state index in [4.69, 9.17) is 16.3 Å². The molecular formula is C13H16ClFN2O3. The van der Waals surface area contributed by atoms with Crippen LogP contribution in [0.15, 0.2) is 18.2 Å². The molecule has 0 aliphatic heterocycles. The Labute approximate surface area is 121 Å². The van der Waals surface area contributed by atoms with Gasteiger partial charge in [-0.2, -0.15) is 0 Å². The summed E-state index contributed by atoms with van der Waals surface area (Å²) in [5, 5.41) is 4.95. The first kappa shape index (κ1) is 16.2. The summed E-state index contributed by atoms with van der Waals surface area (Å²) in [6.07, 6.45) is 0. The molecule has 0 saturated heterocycles. The third-order valence-corrected chi connectivity index (χ3v) is 2.45. The summed E-state index contributed by atoms with van der Waals surface area (Å²) in [6, 6.07) is 3.79. The summed E-state index contributed by atoms with van der Waals surface area (Å²) in [6.45, 7) is 3.24. The molecule has 1 rings (SSSR count). The first-order valence-corrected chi connectivity index (χ1v) is 6.40. The van der Waals surface area contributed by atoms with Gasteiger partial charge in [-0.25, -0.2) is 4.39 Å². The molecule has 0 bridgehead atoms. The Morgan fingerprint density at radius 1 is 1.35 bits per heavy atom. The molecule has 0 aromatic heterocycles. The lowest BCUT2D eigenvalue weighted by atomic mass is 10.3. The molecule has 2 amide bonds. The van der Waals surface area contributed by atoms with Gasteiger partial charge in [0, 0.05) is 12.1 Å². The van der Waals surface area contributed by atoms with E-state index in [1.54, 1.807) is 0 Å². The zero-order valence-electron chi connectivity index (χ0n) is 11.2. The zero-order valence-corrected chi connectivity index (χ0v) is 12.0. The normalized spacial score (nSPS) is 10.2. The number of amides is 2. The zero-order chi connectivity index (χ0) is 15.1. The van der Waals surface area contributed by atoms with Crippen molar-refractivity contribution in [3.05, 3.63) is 29.0 Å². The van der Waals surface area contributed by atoms with Gasteiger partial charge < -0.3 is 15.4 Å². The fourth-order valence-electron chi connectivity index (χ4n) is 1.32. The van der Waals surface area contributed by atoms with Crippen LogP contribution in [-0.4, -0.2) is 31.0 Å². The molecule has 0 heterocycles. The summed E-state index contributed by atoms with van der Waals surface area (Å²) >= 11 is 5.57. The second kappa shape index (κ2) is 7.69. The van der Waals surface area contributed by atoms with Crippen molar-refractivity contribution in [2.75, 3.05) is 13.2 Å². The molecule has 0 spiro atoms. The molecule has 110 valence electrons. The molecule has 1 aromatic rings. The number of carbonyl (C=O) groups excluding carboxylic acids is 2. The number of carbonyl (C=O) groups is 2. The second-order valence-corrected chi connectivity index (χ2v) is 4.77. The van der Waals surface area contributed by atoms with Crippen LogP contribution in [0.3, 0.4) is 0 Å². The minimum atomic E-state index is -0.561. The monoisotopic (exact) mass is 302 g/mol. The topological polar surface area (TPSA) is 67.4 Å². The number of nitrogens with one attached hydrogen (secondary N) is 2. The maximum absolute atomic E-state index is 12.9. The maximum Gasteiger partial charge on any atom is 0.258 e. The van der Waals surface area contributed by atoms with Crippen LogP contribution in [0.1, 0.15) is 13.8 Å². The number of hydrogen-bond acceptors (Lipinski definition) is 3. The molecule has 5 nitrogen and oxygen atoms in total. The van der Waals surface area contributed by atoms with Crippen molar-refractivity contribution in [1.29, 1.82) is 0 Å². The smallest absolute Gasteiger partial charge is 0.258 e. The van der Waals surface area contributed by atoms with E-state index in [1.165, 1.54) is 12.1 Å². The van der Waals surface area contributed by atoms with Gasteiger partial charge in [-0.3, -0.25) is 9.59 Å². The Kier molecular flexibility index (Phi) is 6.24. The van der Waals surface area contributed by atoms with Crippen LogP contribution in [0.25, 0.3) is 0 Å². The molecule has 0 saturated carbocycles. The van der Waals surface area contributed by atoms with Gasteiger partial charge in [0.15, 0.2) is 6.61 Å². The van der Waals surface area contributed by atoms with E-state index in [2.05, 4.69) is 10.6 Å². The summed E-state index contributed by atoms with van der Waals surface area (Å²) in [5.41, 5.74) is 0. The molecule has 2 N–H and O–H groups in total. The summed E-state index contributed by atoms with van der Waals surface area (Å²) in [5.74, 6) is -1.02. The highest BCUT2D eigenvalue weighted by Crippen LogP contribution is 2.20. The van der Waals surface area contributed by atoms with Crippen molar-refractivity contribution in [2.45, 2.75) is 19.9 Å². The highest BCUT2D eigenvalue weighted by Gasteiger charge is 2.08. The first-order chi connectivity index (χ1) is 9.38. The van der Waals surface area contributed by atoms with E-state index in [1.807, 2.05) is 13.8 Å². The third-order valence-electron chi connectivity index (χ3n) is 2.16. The molecule has 0 radical (unpaired) electrons. The highest BCUT2D eigenvalue weighted by atomic mass is 35.5. The Balaban J connectivity index is 2.32. The SMILES string of the molecule is CC(C)NC(=O)CNC(=O)COc1ccc(F)c(Cl)c1. The minimum absolute atomic E-state index is 0.0111. The number of rotatable bonds is 6. The van der Waals surface area contributed by atoms with E-state index in [9.17, 15) is 14.0 Å². The van der Waals surface area contributed by atoms with E-state index >= 15 is 0 Å². The van der Waals surface area contributed by atoms with Crippen molar-refractivity contribution in [2.24, 2.45) is 0 Å². The van der Waals surface area contributed by atoms with E-state index in [0.717, 1.165) is 6.07 Å². The lowest BCUT2D eigenvalue weighted by Crippen LogP contribution is -2.41. The fourth-order valence-corrected chi connectivity index (χ4v) is 1.49. The van der Waals surface area contributed by atoms with Crippen LogP contribution in [0.2, 0.25) is 5.02 Å². The van der Waals surface area contributed by atoms with E-state index < -0.39 is 11.7 Å². The predicted octanol–water partition coefficient (Wildman–Crippen LogP) is 1.50. The second-order valence-electron chi connectivity index (χ2n) is 4.36. The van der Waals surface area contributed by atoms with Crippen LogP contribution in [0.5, 0.6) is 5.75 Å². The standard InChI is InChI=1S/C13H16ClFN2O3/c1-8(2)17-12(18)6-16-13(19)7-20-9-3-4-11(15)10(14)5-9/h3-5,8H,6-7H2,1-2H3,(H,16,19)(H,17,18). The molecule has 7 heteroatoms. The number of halogens is 2. The van der Waals surface area contributed by atoms with Crippen molar-refractivity contribution < 1.29 is 18.7 Å². The molecule has 0 aliphatic rings. The number of benzene rings is 1. The summed E-state index contributed by atoms with van der Waals surface area (Å²) < 4.78 is 18.0. The Morgan fingerprint density at radius 3 is 2.65 bits per heavy atom. The highest BCUT2D eigenvalue weighted by molar-refractivity contribution is 6.30. The number of hydrogen-bond donors (Lipinski definition) is 2. The minimum Gasteiger partial charge on any atom is -0.484 e. The molecule has 0 unspecified atom stereocenters. The number of ether oxygens (including phenoxy) is 1. The van der Waals surface area contributed by atoms with Gasteiger partial charge in [-0.1, -0.05) is 11.6 Å². The van der Waals surface area contributed by atoms with Gasteiger partial charge in [0.1, 0.15) is 11.6 Å². The summed E-state index contributed by atoms with van der Waals surface area (Å²) in [7, 11) is 0. The molecule has 20 heavy (non-hydrogen) atoms. The van der Waals surface area contributed by atoms with Crippen molar-refractivity contribution in [1.82, 2.24) is 10.6 Å². The average Bonchev–Trinajstić information content (AvgIpc) is 2.37. The largest absolute Gasteiger partial charge is 0.484 e. The molecule has 0 atom stereocenters. The molecular weight excluding hydrogens is 287 g/mol. The Hall–Kier alpha value is -1.82. The van der Waals surface area contributed by atoms with Gasteiger partial charge in [0.25, 0.3) is 5.91 Å². The van der Waals surface area contributed by atoms with E-state index in [0.29, 0.717) is 0 Å². The maximum atomic E-state index is 12.9. The van der Waals surface area contributed by atoms with E-state index in [-0.39, 0.29) is 35.9 Å². The molecule has 0 fully saturated rings. The lowest BCUT2D eigenvalue weighted by Gasteiger charge is -2.10. The quantitative estimate of drug-likeness (QED) is 0.837. The van der Waals surface area contributed by atoms with Crippen molar-refractivity contribution in [3.8, 4) is 5.75 Å². The van der Waals surface area contributed by atoms with Gasteiger partial charge in [-0.15, -0.1) is 0 Å². The van der Waals surface area contributed by atoms with Crippen LogP contribution < -0.4 is 15.4 Å². The third kappa shape index (κ3) is 5.88. The lowest BCUT2D eigenvalue weighted by molar-refractivity contribution is -0.127. The molecule has 0 aliphatic carbocycles. The van der Waals surface area contributed by atoms with Crippen molar-refractivity contribution in [3.63, 3.8) is 0 Å². The summed E-state index contributed by atoms with van der Waals surface area (Å²) in [4.78, 5) is 22.7. The Morgan fingerprint density at radius 2 is 2.05 bits per heavy atom. The fraction of sp³-hybridized carbons (Fsp3) is 0.385. The van der Waals surface area contributed by atoms with Gasteiger partial charge >= 0.3 is 0 Å². The van der Waals surface area contributed by atoms with Crippen LogP contribution >= 0.6 is 11.6 Å². The van der Waals surface area contributed by atoms with Crippen molar-refractivity contribution >= 4 is 23.4 Å². The molecule has 1 aromatic carbocycles. The average molecular weight is 303 g/mol. The Bertz CT molecular complexity index is 495.